The fraction of sp³-hybridized carbons (Fsp3) is 0.231. The van der Waals surface area contributed by atoms with Gasteiger partial charge in [0.1, 0.15) is 17.8 Å². The number of aromatic nitrogens is 5. The van der Waals surface area contributed by atoms with Crippen LogP contribution in [0.15, 0.2) is 55.0 Å². The molecule has 10 nitrogen and oxygen atoms in total. The molecule has 11 heteroatoms. The van der Waals surface area contributed by atoms with Gasteiger partial charge in [-0.2, -0.15) is 4.98 Å². The van der Waals surface area contributed by atoms with Crippen LogP contribution >= 0.6 is 11.6 Å². The summed E-state index contributed by atoms with van der Waals surface area (Å²) in [6.07, 6.45) is 3.39. The molecule has 0 saturated carbocycles. The van der Waals surface area contributed by atoms with Crippen molar-refractivity contribution in [3.05, 3.63) is 60.0 Å². The zero-order valence-electron chi connectivity index (χ0n) is 20.3. The number of hydrogen-bond donors (Lipinski definition) is 1. The summed E-state index contributed by atoms with van der Waals surface area (Å²) in [4.78, 5) is 11.6. The quantitative estimate of drug-likeness (QED) is 0.346. The largest absolute Gasteiger partial charge is 0.497 e. The third-order valence-corrected chi connectivity index (χ3v) is 6.76. The molecule has 1 aliphatic heterocycles. The Morgan fingerprint density at radius 2 is 1.78 bits per heavy atom. The molecule has 0 spiro atoms. The van der Waals surface area contributed by atoms with Gasteiger partial charge in [0, 0.05) is 53.2 Å². The van der Waals surface area contributed by atoms with Gasteiger partial charge in [0.05, 0.1) is 32.5 Å². The van der Waals surface area contributed by atoms with Crippen molar-refractivity contribution >= 4 is 45.6 Å². The number of morpholine rings is 1. The number of anilines is 3. The molecule has 4 heterocycles. The summed E-state index contributed by atoms with van der Waals surface area (Å²) in [5.41, 5.74) is 4.79. The normalized spacial score (nSPS) is 13.8. The molecule has 2 aromatic carbocycles. The van der Waals surface area contributed by atoms with Crippen molar-refractivity contribution in [1.82, 2.24) is 24.6 Å². The molecular weight excluding hydrogens is 494 g/mol. The predicted molar refractivity (Wildman–Crippen MR) is 142 cm³/mol. The van der Waals surface area contributed by atoms with Crippen LogP contribution in [0.1, 0.15) is 0 Å². The first-order chi connectivity index (χ1) is 18.1. The third kappa shape index (κ3) is 4.34. The summed E-state index contributed by atoms with van der Waals surface area (Å²) < 4.78 is 18.2. The molecular formula is C26H24ClN7O3. The zero-order valence-corrected chi connectivity index (χ0v) is 21.1. The summed E-state index contributed by atoms with van der Waals surface area (Å²) in [5.74, 6) is 1.59. The highest BCUT2D eigenvalue weighted by molar-refractivity contribution is 6.35. The molecule has 0 atom stereocenters. The Hall–Kier alpha value is -4.15. The molecule has 0 bridgehead atoms. The molecule has 188 valence electrons. The highest BCUT2D eigenvalue weighted by Gasteiger charge is 2.19. The van der Waals surface area contributed by atoms with Crippen molar-refractivity contribution in [2.45, 2.75) is 0 Å². The SMILES string of the molecule is COc1cc(OC)c(Cl)c(-c2cc3cnc(Nc4ccc(N5CCOCC5)cc4)nc3n3cnnc23)c1. The fourth-order valence-electron chi connectivity index (χ4n) is 4.47. The number of nitrogens with zero attached hydrogens (tertiary/aromatic N) is 6. The van der Waals surface area contributed by atoms with Gasteiger partial charge in [0.25, 0.3) is 0 Å². The highest BCUT2D eigenvalue weighted by atomic mass is 35.5. The Morgan fingerprint density at radius 1 is 0.973 bits per heavy atom. The molecule has 0 radical (unpaired) electrons. The van der Waals surface area contributed by atoms with Gasteiger partial charge in [-0.3, -0.25) is 4.40 Å². The van der Waals surface area contributed by atoms with E-state index in [2.05, 4.69) is 37.5 Å². The Balaban J connectivity index is 1.36. The first-order valence-corrected chi connectivity index (χ1v) is 12.1. The molecule has 0 aliphatic carbocycles. The summed E-state index contributed by atoms with van der Waals surface area (Å²) in [6.45, 7) is 3.29. The molecule has 1 N–H and O–H groups in total. The second kappa shape index (κ2) is 9.72. The lowest BCUT2D eigenvalue weighted by molar-refractivity contribution is 0.122. The van der Waals surface area contributed by atoms with Crippen LogP contribution in [0.4, 0.5) is 17.3 Å². The van der Waals surface area contributed by atoms with Gasteiger partial charge in [-0.05, 0) is 36.4 Å². The van der Waals surface area contributed by atoms with Gasteiger partial charge in [-0.15, -0.1) is 10.2 Å². The maximum Gasteiger partial charge on any atom is 0.229 e. The monoisotopic (exact) mass is 517 g/mol. The van der Waals surface area contributed by atoms with Crippen molar-refractivity contribution in [1.29, 1.82) is 0 Å². The lowest BCUT2D eigenvalue weighted by Crippen LogP contribution is -2.36. The van der Waals surface area contributed by atoms with Crippen LogP contribution in [-0.4, -0.2) is 65.1 Å². The van der Waals surface area contributed by atoms with E-state index >= 15 is 0 Å². The number of fused-ring (bicyclic) bond motifs is 3. The number of hydrogen-bond acceptors (Lipinski definition) is 9. The maximum atomic E-state index is 6.68. The molecule has 0 unspecified atom stereocenters. The van der Waals surface area contributed by atoms with Gasteiger partial charge in [0.15, 0.2) is 11.3 Å². The average molecular weight is 518 g/mol. The smallest absolute Gasteiger partial charge is 0.229 e. The fourth-order valence-corrected chi connectivity index (χ4v) is 4.76. The number of methoxy groups -OCH3 is 2. The minimum Gasteiger partial charge on any atom is -0.497 e. The molecule has 3 aromatic heterocycles. The van der Waals surface area contributed by atoms with E-state index < -0.39 is 0 Å². The van der Waals surface area contributed by atoms with Crippen molar-refractivity contribution in [3.8, 4) is 22.6 Å². The third-order valence-electron chi connectivity index (χ3n) is 6.37. The van der Waals surface area contributed by atoms with E-state index in [0.29, 0.717) is 39.3 Å². The average Bonchev–Trinajstić information content (AvgIpc) is 3.44. The highest BCUT2D eigenvalue weighted by Crippen LogP contribution is 2.41. The van der Waals surface area contributed by atoms with Crippen molar-refractivity contribution < 1.29 is 14.2 Å². The molecule has 5 aromatic rings. The molecule has 1 fully saturated rings. The molecule has 0 amide bonds. The Kier molecular flexibility index (Phi) is 6.11. The van der Waals surface area contributed by atoms with E-state index in [4.69, 9.17) is 30.8 Å². The van der Waals surface area contributed by atoms with Crippen LogP contribution in [0, 0.1) is 0 Å². The van der Waals surface area contributed by atoms with Crippen LogP contribution in [0.2, 0.25) is 5.02 Å². The van der Waals surface area contributed by atoms with Crippen molar-refractivity contribution in [3.63, 3.8) is 0 Å². The minimum absolute atomic E-state index is 0.451. The number of benzene rings is 2. The van der Waals surface area contributed by atoms with Crippen LogP contribution in [0.3, 0.4) is 0 Å². The lowest BCUT2D eigenvalue weighted by Gasteiger charge is -2.28. The number of halogens is 1. The zero-order chi connectivity index (χ0) is 25.4. The molecule has 1 aliphatic rings. The minimum atomic E-state index is 0.451. The van der Waals surface area contributed by atoms with E-state index in [1.807, 2.05) is 28.7 Å². The summed E-state index contributed by atoms with van der Waals surface area (Å²) in [6, 6.07) is 13.7. The van der Waals surface area contributed by atoms with E-state index in [9.17, 15) is 0 Å². The van der Waals surface area contributed by atoms with Gasteiger partial charge in [-0.25, -0.2) is 4.98 Å². The van der Waals surface area contributed by atoms with Crippen molar-refractivity contribution in [2.75, 3.05) is 50.7 Å². The van der Waals surface area contributed by atoms with Crippen LogP contribution in [0.5, 0.6) is 11.5 Å². The van der Waals surface area contributed by atoms with Crippen LogP contribution < -0.4 is 19.7 Å². The van der Waals surface area contributed by atoms with Crippen molar-refractivity contribution in [2.24, 2.45) is 0 Å². The number of pyridine rings is 1. The standard InChI is InChI=1S/C26H24ClN7O3/c1-35-19-12-20(23(27)22(13-19)36-2)21-11-16-14-28-26(31-24(16)34-15-29-32-25(21)34)30-17-3-5-18(6-4-17)33-7-9-37-10-8-33/h3-6,11-15H,7-10H2,1-2H3,(H,28,30,31). The van der Waals surface area contributed by atoms with E-state index in [1.54, 1.807) is 32.8 Å². The Labute approximate surface area is 217 Å². The molecule has 1 saturated heterocycles. The Morgan fingerprint density at radius 3 is 2.54 bits per heavy atom. The lowest BCUT2D eigenvalue weighted by atomic mass is 10.0. The summed E-state index contributed by atoms with van der Waals surface area (Å²) in [7, 11) is 3.16. The molecule has 6 rings (SSSR count). The first-order valence-electron chi connectivity index (χ1n) is 11.8. The Bertz CT molecular complexity index is 1580. The predicted octanol–water partition coefficient (Wildman–Crippen LogP) is 4.59. The summed E-state index contributed by atoms with van der Waals surface area (Å²) >= 11 is 6.68. The van der Waals surface area contributed by atoms with E-state index in [-0.39, 0.29) is 0 Å². The number of rotatable bonds is 6. The second-order valence-corrected chi connectivity index (χ2v) is 8.90. The van der Waals surface area contributed by atoms with Crippen LogP contribution in [-0.2, 0) is 4.74 Å². The first kappa shape index (κ1) is 23.3. The van der Waals surface area contributed by atoms with Gasteiger partial charge in [0.2, 0.25) is 5.95 Å². The number of ether oxygens (including phenoxy) is 3. The topological polar surface area (TPSA) is 98.9 Å². The van der Waals surface area contributed by atoms with Gasteiger partial charge >= 0.3 is 0 Å². The maximum absolute atomic E-state index is 6.68. The van der Waals surface area contributed by atoms with E-state index in [1.165, 1.54) is 5.69 Å². The van der Waals surface area contributed by atoms with Gasteiger partial charge < -0.3 is 24.4 Å². The summed E-state index contributed by atoms with van der Waals surface area (Å²) in [5, 5.41) is 13.0. The molecule has 37 heavy (non-hydrogen) atoms. The van der Waals surface area contributed by atoms with E-state index in [0.717, 1.165) is 42.9 Å². The second-order valence-electron chi connectivity index (χ2n) is 8.52. The van der Waals surface area contributed by atoms with Gasteiger partial charge in [-0.1, -0.05) is 11.6 Å². The number of nitrogens with one attached hydrogen (secondary N) is 1. The van der Waals surface area contributed by atoms with Crippen LogP contribution in [0.25, 0.3) is 27.8 Å².